The topological polar surface area (TPSA) is 64.2 Å². The van der Waals surface area contributed by atoms with Crippen molar-refractivity contribution in [2.45, 2.75) is 39.5 Å². The summed E-state index contributed by atoms with van der Waals surface area (Å²) in [4.78, 5) is 14.5. The molecule has 9 heteroatoms. The first kappa shape index (κ1) is 17.6. The summed E-state index contributed by atoms with van der Waals surface area (Å²) in [5.74, 6) is -1.08. The standard InChI is InChI=1S/C18H17F3N4O2/c1-9-4-5-12-10(2)14(27-13(12)8-9)16(26)24-6-7-25-15(11(24)3)22-23-17(25)18(19,20)21/h4-5,8,11H,6-7H2,1-3H3. The van der Waals surface area contributed by atoms with E-state index in [9.17, 15) is 18.0 Å². The van der Waals surface area contributed by atoms with Crippen LogP contribution in [0.2, 0.25) is 0 Å². The maximum absolute atomic E-state index is 13.1. The summed E-state index contributed by atoms with van der Waals surface area (Å²) in [7, 11) is 0. The molecule has 0 saturated heterocycles. The third kappa shape index (κ3) is 2.68. The van der Waals surface area contributed by atoms with Gasteiger partial charge in [0.2, 0.25) is 5.82 Å². The number of halogens is 3. The van der Waals surface area contributed by atoms with E-state index in [1.54, 1.807) is 13.8 Å². The molecule has 0 radical (unpaired) electrons. The molecule has 0 fully saturated rings. The Bertz CT molecular complexity index is 1050. The fourth-order valence-electron chi connectivity index (χ4n) is 3.54. The number of hydrogen-bond acceptors (Lipinski definition) is 4. The maximum Gasteiger partial charge on any atom is 0.451 e. The Morgan fingerprint density at radius 2 is 1.96 bits per heavy atom. The zero-order valence-electron chi connectivity index (χ0n) is 15.0. The van der Waals surface area contributed by atoms with Crippen LogP contribution in [0.15, 0.2) is 22.6 Å². The van der Waals surface area contributed by atoms with Gasteiger partial charge in [0.05, 0.1) is 6.04 Å². The van der Waals surface area contributed by atoms with Gasteiger partial charge in [-0.1, -0.05) is 12.1 Å². The molecule has 1 aromatic carbocycles. The lowest BCUT2D eigenvalue weighted by atomic mass is 10.1. The van der Waals surface area contributed by atoms with Crippen LogP contribution in [-0.4, -0.2) is 32.1 Å². The molecule has 0 spiro atoms. The lowest BCUT2D eigenvalue weighted by Gasteiger charge is -2.33. The SMILES string of the molecule is Cc1ccc2c(C)c(C(=O)N3CCn4c(nnc4C(F)(F)F)C3C)oc2c1. The summed E-state index contributed by atoms with van der Waals surface area (Å²) < 4.78 is 45.9. The minimum absolute atomic E-state index is 0.0222. The normalized spacial score (nSPS) is 17.4. The zero-order valence-corrected chi connectivity index (χ0v) is 15.0. The van der Waals surface area contributed by atoms with Gasteiger partial charge >= 0.3 is 6.18 Å². The van der Waals surface area contributed by atoms with Crippen LogP contribution < -0.4 is 0 Å². The van der Waals surface area contributed by atoms with Crippen molar-refractivity contribution < 1.29 is 22.4 Å². The summed E-state index contributed by atoms with van der Waals surface area (Å²) in [6.07, 6.45) is -4.58. The van der Waals surface area contributed by atoms with Crippen LogP contribution in [-0.2, 0) is 12.7 Å². The number of carbonyl (C=O) groups is 1. The number of hydrogen-bond donors (Lipinski definition) is 0. The molecule has 1 unspecified atom stereocenters. The van der Waals surface area contributed by atoms with Gasteiger partial charge in [-0.25, -0.2) is 0 Å². The van der Waals surface area contributed by atoms with Crippen LogP contribution in [0, 0.1) is 13.8 Å². The van der Waals surface area contributed by atoms with E-state index in [1.807, 2.05) is 25.1 Å². The number of benzene rings is 1. The molecule has 0 aliphatic carbocycles. The number of fused-ring (bicyclic) bond motifs is 2. The third-order valence-electron chi connectivity index (χ3n) is 4.99. The average Bonchev–Trinajstić information content (AvgIpc) is 3.16. The van der Waals surface area contributed by atoms with Crippen molar-refractivity contribution in [2.75, 3.05) is 6.54 Å². The molecule has 2 aromatic heterocycles. The molecule has 1 amide bonds. The van der Waals surface area contributed by atoms with Gasteiger partial charge in [0, 0.05) is 24.0 Å². The zero-order chi connectivity index (χ0) is 19.5. The van der Waals surface area contributed by atoms with Gasteiger partial charge in [-0.15, -0.1) is 10.2 Å². The number of amides is 1. The maximum atomic E-state index is 13.1. The smallest absolute Gasteiger partial charge is 0.451 e. The number of nitrogens with zero attached hydrogens (tertiary/aromatic N) is 4. The summed E-state index contributed by atoms with van der Waals surface area (Å²) in [5.41, 5.74) is 2.34. The highest BCUT2D eigenvalue weighted by Gasteiger charge is 2.42. The molecule has 6 nitrogen and oxygen atoms in total. The Morgan fingerprint density at radius 3 is 2.67 bits per heavy atom. The predicted octanol–water partition coefficient (Wildman–Crippen LogP) is 3.88. The van der Waals surface area contributed by atoms with Crippen molar-refractivity contribution in [3.63, 3.8) is 0 Å². The first-order chi connectivity index (χ1) is 12.7. The van der Waals surface area contributed by atoms with Crippen molar-refractivity contribution in [1.29, 1.82) is 0 Å². The van der Waals surface area contributed by atoms with Gasteiger partial charge in [0.15, 0.2) is 11.6 Å². The van der Waals surface area contributed by atoms with Crippen molar-refractivity contribution >= 4 is 16.9 Å². The van der Waals surface area contributed by atoms with Crippen molar-refractivity contribution in [1.82, 2.24) is 19.7 Å². The lowest BCUT2D eigenvalue weighted by Crippen LogP contribution is -2.42. The second-order valence-electron chi connectivity index (χ2n) is 6.76. The van der Waals surface area contributed by atoms with Crippen LogP contribution in [0.25, 0.3) is 11.0 Å². The van der Waals surface area contributed by atoms with Crippen LogP contribution >= 0.6 is 0 Å². The minimum atomic E-state index is -4.58. The number of rotatable bonds is 1. The quantitative estimate of drug-likeness (QED) is 0.645. The molecule has 142 valence electrons. The monoisotopic (exact) mass is 378 g/mol. The first-order valence-electron chi connectivity index (χ1n) is 8.49. The minimum Gasteiger partial charge on any atom is -0.451 e. The molecule has 1 atom stereocenters. The van der Waals surface area contributed by atoms with Crippen molar-refractivity contribution in [3.05, 3.63) is 46.7 Å². The van der Waals surface area contributed by atoms with Gasteiger partial charge in [0.25, 0.3) is 5.91 Å². The van der Waals surface area contributed by atoms with Gasteiger partial charge < -0.3 is 13.9 Å². The lowest BCUT2D eigenvalue weighted by molar-refractivity contribution is -0.148. The molecule has 3 aromatic rings. The molecular weight excluding hydrogens is 361 g/mol. The number of aryl methyl sites for hydroxylation is 2. The number of alkyl halides is 3. The molecule has 4 rings (SSSR count). The highest BCUT2D eigenvalue weighted by atomic mass is 19.4. The largest absolute Gasteiger partial charge is 0.451 e. The summed E-state index contributed by atoms with van der Waals surface area (Å²) >= 11 is 0. The van der Waals surface area contributed by atoms with E-state index in [0.29, 0.717) is 11.1 Å². The van der Waals surface area contributed by atoms with Gasteiger partial charge in [-0.3, -0.25) is 4.79 Å². The van der Waals surface area contributed by atoms with Crippen molar-refractivity contribution in [3.8, 4) is 0 Å². The molecular formula is C18H17F3N4O2. The van der Waals surface area contributed by atoms with Gasteiger partial charge in [-0.2, -0.15) is 13.2 Å². The van der Waals surface area contributed by atoms with E-state index in [1.165, 1.54) is 4.90 Å². The van der Waals surface area contributed by atoms with E-state index in [4.69, 9.17) is 4.42 Å². The number of carbonyl (C=O) groups excluding carboxylic acids is 1. The van der Waals surface area contributed by atoms with E-state index in [2.05, 4.69) is 10.2 Å². The Balaban J connectivity index is 1.70. The molecule has 0 bridgehead atoms. The van der Waals surface area contributed by atoms with Crippen LogP contribution in [0.4, 0.5) is 13.2 Å². The Hall–Kier alpha value is -2.84. The third-order valence-corrected chi connectivity index (χ3v) is 4.99. The summed E-state index contributed by atoms with van der Waals surface area (Å²) in [6.45, 7) is 5.46. The predicted molar refractivity (Wildman–Crippen MR) is 90.2 cm³/mol. The Kier molecular flexibility index (Phi) is 3.79. The Labute approximate surface area is 152 Å². The fourth-order valence-corrected chi connectivity index (χ4v) is 3.54. The molecule has 0 saturated carbocycles. The van der Waals surface area contributed by atoms with E-state index in [0.717, 1.165) is 15.5 Å². The summed E-state index contributed by atoms with van der Waals surface area (Å²) in [5, 5.41) is 7.79. The fraction of sp³-hybridized carbons (Fsp3) is 0.389. The van der Waals surface area contributed by atoms with Gasteiger partial charge in [-0.05, 0) is 32.4 Å². The summed E-state index contributed by atoms with van der Waals surface area (Å²) in [6, 6.07) is 5.03. The van der Waals surface area contributed by atoms with Crippen LogP contribution in [0.1, 0.15) is 46.3 Å². The molecule has 1 aliphatic rings. The van der Waals surface area contributed by atoms with Crippen molar-refractivity contribution in [2.24, 2.45) is 0 Å². The molecule has 27 heavy (non-hydrogen) atoms. The molecule has 1 aliphatic heterocycles. The first-order valence-corrected chi connectivity index (χ1v) is 8.49. The molecule has 0 N–H and O–H groups in total. The number of furan rings is 1. The Morgan fingerprint density at radius 1 is 1.22 bits per heavy atom. The number of aromatic nitrogens is 3. The van der Waals surface area contributed by atoms with Gasteiger partial charge in [0.1, 0.15) is 5.58 Å². The van der Waals surface area contributed by atoms with Crippen LogP contribution in [0.3, 0.4) is 0 Å². The highest BCUT2D eigenvalue weighted by Crippen LogP contribution is 2.34. The highest BCUT2D eigenvalue weighted by molar-refractivity contribution is 5.99. The second-order valence-corrected chi connectivity index (χ2v) is 6.76. The van der Waals surface area contributed by atoms with Crippen LogP contribution in [0.5, 0.6) is 0 Å². The average molecular weight is 378 g/mol. The van der Waals surface area contributed by atoms with E-state index in [-0.39, 0.29) is 30.6 Å². The van der Waals surface area contributed by atoms with E-state index < -0.39 is 18.0 Å². The second kappa shape index (κ2) is 5.83. The molecule has 3 heterocycles. The van der Waals surface area contributed by atoms with E-state index >= 15 is 0 Å².